The van der Waals surface area contributed by atoms with Crippen LogP contribution in [0.1, 0.15) is 31.7 Å². The summed E-state index contributed by atoms with van der Waals surface area (Å²) in [7, 11) is 1.53. The van der Waals surface area contributed by atoms with E-state index in [1.54, 1.807) is 4.90 Å². The van der Waals surface area contributed by atoms with E-state index >= 15 is 0 Å². The van der Waals surface area contributed by atoms with Crippen LogP contribution >= 0.6 is 0 Å². The Kier molecular flexibility index (Phi) is 5.88. The molecule has 1 N–H and O–H groups in total. The molecule has 0 aromatic heterocycles. The van der Waals surface area contributed by atoms with Gasteiger partial charge in [-0.2, -0.15) is 0 Å². The van der Waals surface area contributed by atoms with Crippen molar-refractivity contribution in [3.8, 4) is 0 Å². The van der Waals surface area contributed by atoms with Gasteiger partial charge in [0.1, 0.15) is 11.6 Å². The van der Waals surface area contributed by atoms with Crippen molar-refractivity contribution >= 4 is 11.8 Å². The predicted molar refractivity (Wildman–Crippen MR) is 84.0 cm³/mol. The summed E-state index contributed by atoms with van der Waals surface area (Å²) in [5.74, 6) is -1.76. The summed E-state index contributed by atoms with van der Waals surface area (Å²) in [6, 6.07) is 3.22. The number of carbonyl (C=O) groups is 2. The molecule has 1 saturated heterocycles. The molecule has 1 unspecified atom stereocenters. The highest BCUT2D eigenvalue weighted by Crippen LogP contribution is 2.33. The van der Waals surface area contributed by atoms with Gasteiger partial charge in [-0.25, -0.2) is 8.78 Å². The minimum absolute atomic E-state index is 0.0337. The summed E-state index contributed by atoms with van der Waals surface area (Å²) in [6.07, 6.45) is 1.57. The summed E-state index contributed by atoms with van der Waals surface area (Å²) in [5, 5.41) is 2.63. The second-order valence-corrected chi connectivity index (χ2v) is 6.12. The van der Waals surface area contributed by atoms with Crippen LogP contribution in [0.15, 0.2) is 18.2 Å². The molecule has 5 nitrogen and oxygen atoms in total. The Hall–Kier alpha value is -2.02. The molecule has 2 rings (SSSR count). The van der Waals surface area contributed by atoms with Gasteiger partial charge in [-0.05, 0) is 18.9 Å². The number of benzene rings is 1. The third-order valence-electron chi connectivity index (χ3n) is 4.37. The summed E-state index contributed by atoms with van der Waals surface area (Å²) in [4.78, 5) is 25.8. The van der Waals surface area contributed by atoms with E-state index < -0.39 is 17.2 Å². The minimum atomic E-state index is -0.701. The van der Waals surface area contributed by atoms with E-state index in [2.05, 4.69) is 5.32 Å². The van der Waals surface area contributed by atoms with Gasteiger partial charge in [0, 0.05) is 38.8 Å². The minimum Gasteiger partial charge on any atom is -0.382 e. The van der Waals surface area contributed by atoms with Crippen LogP contribution in [0, 0.1) is 11.6 Å². The quantitative estimate of drug-likeness (QED) is 0.862. The smallest absolute Gasteiger partial charge is 0.222 e. The molecule has 0 spiro atoms. The number of carbonyl (C=O) groups excluding carboxylic acids is 2. The summed E-state index contributed by atoms with van der Waals surface area (Å²) >= 11 is 0. The Bertz CT molecular complexity index is 624. The molecule has 0 aliphatic carbocycles. The van der Waals surface area contributed by atoms with Crippen LogP contribution in [-0.2, 0) is 20.9 Å². The van der Waals surface area contributed by atoms with E-state index in [1.807, 2.05) is 0 Å². The zero-order valence-electron chi connectivity index (χ0n) is 13.9. The number of nitrogens with zero attached hydrogens (tertiary/aromatic N) is 1. The highest BCUT2D eigenvalue weighted by atomic mass is 19.1. The van der Waals surface area contributed by atoms with Gasteiger partial charge < -0.3 is 15.0 Å². The zero-order valence-corrected chi connectivity index (χ0v) is 13.9. The van der Waals surface area contributed by atoms with E-state index in [1.165, 1.54) is 20.1 Å². The van der Waals surface area contributed by atoms with Crippen molar-refractivity contribution in [1.29, 1.82) is 0 Å². The summed E-state index contributed by atoms with van der Waals surface area (Å²) in [5.41, 5.74) is -0.452. The second-order valence-electron chi connectivity index (χ2n) is 6.12. The number of halogens is 2. The molecule has 2 amide bonds. The van der Waals surface area contributed by atoms with Crippen molar-refractivity contribution in [2.45, 2.75) is 38.3 Å². The van der Waals surface area contributed by atoms with Crippen LogP contribution < -0.4 is 5.32 Å². The Balaban J connectivity index is 2.02. The number of likely N-dealkylation sites (tertiary alicyclic amines) is 1. The third-order valence-corrected chi connectivity index (χ3v) is 4.37. The molecule has 1 aromatic rings. The van der Waals surface area contributed by atoms with Gasteiger partial charge in [0.25, 0.3) is 0 Å². The summed E-state index contributed by atoms with van der Waals surface area (Å²) < 4.78 is 31.7. The van der Waals surface area contributed by atoms with E-state index in [-0.39, 0.29) is 37.0 Å². The van der Waals surface area contributed by atoms with Crippen molar-refractivity contribution < 1.29 is 23.1 Å². The van der Waals surface area contributed by atoms with Gasteiger partial charge in [-0.15, -0.1) is 0 Å². The SMILES string of the molecule is COCC1(CC(=O)NCc2ccc(F)cc2F)CCCN1C(C)=O. The molecule has 1 fully saturated rings. The van der Waals surface area contributed by atoms with Gasteiger partial charge in [-0.3, -0.25) is 9.59 Å². The van der Waals surface area contributed by atoms with Gasteiger partial charge in [0.15, 0.2) is 0 Å². The zero-order chi connectivity index (χ0) is 17.7. The number of ether oxygens (including phenoxy) is 1. The van der Waals surface area contributed by atoms with Crippen LogP contribution in [0.25, 0.3) is 0 Å². The fourth-order valence-corrected chi connectivity index (χ4v) is 3.30. The maximum Gasteiger partial charge on any atom is 0.222 e. The van der Waals surface area contributed by atoms with E-state index in [0.717, 1.165) is 18.6 Å². The lowest BCUT2D eigenvalue weighted by Gasteiger charge is -2.37. The molecule has 0 saturated carbocycles. The monoisotopic (exact) mass is 340 g/mol. The van der Waals surface area contributed by atoms with Crippen molar-refractivity contribution in [3.63, 3.8) is 0 Å². The maximum atomic E-state index is 13.6. The topological polar surface area (TPSA) is 58.6 Å². The van der Waals surface area contributed by atoms with Gasteiger partial charge in [0.05, 0.1) is 18.6 Å². The molecule has 0 radical (unpaired) electrons. The number of hydrogen-bond donors (Lipinski definition) is 1. The van der Waals surface area contributed by atoms with Crippen molar-refractivity contribution in [2.24, 2.45) is 0 Å². The number of amides is 2. The Morgan fingerprint density at radius 1 is 1.38 bits per heavy atom. The van der Waals surface area contributed by atoms with E-state index in [9.17, 15) is 18.4 Å². The largest absolute Gasteiger partial charge is 0.382 e. The van der Waals surface area contributed by atoms with Crippen molar-refractivity contribution in [3.05, 3.63) is 35.4 Å². The van der Waals surface area contributed by atoms with Crippen LogP contribution in [-0.4, -0.2) is 42.5 Å². The first-order chi connectivity index (χ1) is 11.4. The third kappa shape index (κ3) is 4.08. The predicted octanol–water partition coefficient (Wildman–Crippen LogP) is 2.00. The first-order valence-electron chi connectivity index (χ1n) is 7.86. The molecule has 0 bridgehead atoms. The van der Waals surface area contributed by atoms with Gasteiger partial charge in [-0.1, -0.05) is 6.07 Å². The Morgan fingerprint density at radius 2 is 2.12 bits per heavy atom. The highest BCUT2D eigenvalue weighted by molar-refractivity contribution is 5.80. The Morgan fingerprint density at radius 3 is 2.75 bits per heavy atom. The van der Waals surface area contributed by atoms with E-state index in [4.69, 9.17) is 4.74 Å². The van der Waals surface area contributed by atoms with E-state index in [0.29, 0.717) is 13.0 Å². The van der Waals surface area contributed by atoms with Crippen LogP contribution in [0.4, 0.5) is 8.78 Å². The Labute approximate surface area is 140 Å². The lowest BCUT2D eigenvalue weighted by Crippen LogP contribution is -2.52. The van der Waals surface area contributed by atoms with Crippen LogP contribution in [0.2, 0.25) is 0 Å². The maximum absolute atomic E-state index is 13.6. The van der Waals surface area contributed by atoms with Gasteiger partial charge in [0.2, 0.25) is 11.8 Å². The molecule has 7 heteroatoms. The van der Waals surface area contributed by atoms with Crippen LogP contribution in [0.3, 0.4) is 0 Å². The fraction of sp³-hybridized carbons (Fsp3) is 0.529. The summed E-state index contributed by atoms with van der Waals surface area (Å²) in [6.45, 7) is 2.30. The first-order valence-corrected chi connectivity index (χ1v) is 7.86. The second kappa shape index (κ2) is 7.70. The number of nitrogens with one attached hydrogen (secondary N) is 1. The highest BCUT2D eigenvalue weighted by Gasteiger charge is 2.44. The molecular weight excluding hydrogens is 318 g/mol. The molecule has 1 atom stereocenters. The molecule has 1 aliphatic rings. The standard InChI is InChI=1S/C17H22F2N2O3/c1-12(22)21-7-3-6-17(21,11-24-2)9-16(23)20-10-13-4-5-14(18)8-15(13)19/h4-5,8H,3,6-7,9-11H2,1-2H3,(H,20,23). The normalized spacial score (nSPS) is 20.2. The average Bonchev–Trinajstić information content (AvgIpc) is 2.90. The van der Waals surface area contributed by atoms with Crippen LogP contribution in [0.5, 0.6) is 0 Å². The molecule has 24 heavy (non-hydrogen) atoms. The lowest BCUT2D eigenvalue weighted by molar-refractivity contribution is -0.137. The first kappa shape index (κ1) is 18.3. The average molecular weight is 340 g/mol. The molecular formula is C17H22F2N2O3. The molecule has 1 aliphatic heterocycles. The number of methoxy groups -OCH3 is 1. The molecule has 1 aromatic carbocycles. The van der Waals surface area contributed by atoms with Gasteiger partial charge >= 0.3 is 0 Å². The van der Waals surface area contributed by atoms with Crippen molar-refractivity contribution in [2.75, 3.05) is 20.3 Å². The number of hydrogen-bond acceptors (Lipinski definition) is 3. The van der Waals surface area contributed by atoms with Crippen molar-refractivity contribution in [1.82, 2.24) is 10.2 Å². The lowest BCUT2D eigenvalue weighted by atomic mass is 9.92. The molecule has 1 heterocycles. The number of rotatable bonds is 6. The fourth-order valence-electron chi connectivity index (χ4n) is 3.30. The molecule has 132 valence electrons.